The molecule has 1 aromatic carbocycles. The smallest absolute Gasteiger partial charge is 0.135 e. The van der Waals surface area contributed by atoms with Crippen molar-refractivity contribution in [2.75, 3.05) is 17.2 Å². The normalized spacial score (nSPS) is 12.0. The van der Waals surface area contributed by atoms with Crippen LogP contribution in [0.2, 0.25) is 0 Å². The summed E-state index contributed by atoms with van der Waals surface area (Å²) in [4.78, 5) is 8.39. The van der Waals surface area contributed by atoms with Crippen molar-refractivity contribution >= 4 is 33.3 Å². The molecular formula is C14H18BrN5. The van der Waals surface area contributed by atoms with Crippen molar-refractivity contribution in [1.82, 2.24) is 9.97 Å². The Labute approximate surface area is 127 Å². The van der Waals surface area contributed by atoms with Crippen molar-refractivity contribution in [3.8, 4) is 0 Å². The second-order valence-corrected chi connectivity index (χ2v) is 5.65. The Morgan fingerprint density at radius 1 is 1.25 bits per heavy atom. The van der Waals surface area contributed by atoms with Gasteiger partial charge < -0.3 is 16.4 Å². The number of aryl methyl sites for hydroxylation is 1. The molecule has 0 aliphatic rings. The minimum atomic E-state index is 0.0775. The average Bonchev–Trinajstić information content (AvgIpc) is 2.41. The van der Waals surface area contributed by atoms with E-state index in [2.05, 4.69) is 36.5 Å². The van der Waals surface area contributed by atoms with E-state index < -0.39 is 0 Å². The van der Waals surface area contributed by atoms with Crippen molar-refractivity contribution in [1.29, 1.82) is 0 Å². The molecule has 1 unspecified atom stereocenters. The van der Waals surface area contributed by atoms with Gasteiger partial charge in [0.1, 0.15) is 18.0 Å². The molecule has 106 valence electrons. The maximum Gasteiger partial charge on any atom is 0.135 e. The lowest BCUT2D eigenvalue weighted by Gasteiger charge is -2.11. The molecule has 0 fully saturated rings. The third kappa shape index (κ3) is 4.18. The van der Waals surface area contributed by atoms with Gasteiger partial charge in [-0.2, -0.15) is 0 Å². The molecule has 1 aromatic heterocycles. The fourth-order valence-electron chi connectivity index (χ4n) is 1.65. The van der Waals surface area contributed by atoms with Gasteiger partial charge in [0.25, 0.3) is 0 Å². The van der Waals surface area contributed by atoms with Gasteiger partial charge in [0.2, 0.25) is 0 Å². The van der Waals surface area contributed by atoms with Crippen molar-refractivity contribution in [3.63, 3.8) is 0 Å². The zero-order valence-electron chi connectivity index (χ0n) is 11.5. The molecule has 0 bridgehead atoms. The third-order valence-corrected chi connectivity index (χ3v) is 3.23. The number of benzene rings is 1. The predicted molar refractivity (Wildman–Crippen MR) is 86.3 cm³/mol. The summed E-state index contributed by atoms with van der Waals surface area (Å²) in [6.07, 6.45) is 1.53. The summed E-state index contributed by atoms with van der Waals surface area (Å²) in [6, 6.07) is 8.02. The molecule has 20 heavy (non-hydrogen) atoms. The van der Waals surface area contributed by atoms with Crippen molar-refractivity contribution < 1.29 is 0 Å². The Morgan fingerprint density at radius 3 is 2.75 bits per heavy atom. The summed E-state index contributed by atoms with van der Waals surface area (Å²) in [5.74, 6) is 1.50. The third-order valence-electron chi connectivity index (χ3n) is 2.73. The number of hydrogen-bond acceptors (Lipinski definition) is 5. The van der Waals surface area contributed by atoms with Crippen LogP contribution in [0.4, 0.5) is 17.3 Å². The van der Waals surface area contributed by atoms with E-state index in [9.17, 15) is 0 Å². The van der Waals surface area contributed by atoms with Crippen LogP contribution < -0.4 is 16.4 Å². The fourth-order valence-corrected chi connectivity index (χ4v) is 2.02. The molecule has 1 heterocycles. The molecule has 1 atom stereocenters. The molecule has 4 N–H and O–H groups in total. The summed E-state index contributed by atoms with van der Waals surface area (Å²) in [5.41, 5.74) is 7.87. The number of nitrogens with zero attached hydrogens (tertiary/aromatic N) is 2. The van der Waals surface area contributed by atoms with Gasteiger partial charge in [0.15, 0.2) is 0 Å². The number of hydrogen-bond donors (Lipinski definition) is 3. The molecule has 5 nitrogen and oxygen atoms in total. The molecule has 0 saturated carbocycles. The SMILES string of the molecule is Cc1ccc(Br)cc1Nc1cc(NCC(C)N)ncn1. The first-order valence-corrected chi connectivity index (χ1v) is 7.18. The largest absolute Gasteiger partial charge is 0.368 e. The van der Waals surface area contributed by atoms with Crippen LogP contribution in [0.15, 0.2) is 35.1 Å². The summed E-state index contributed by atoms with van der Waals surface area (Å²) < 4.78 is 1.02. The minimum absolute atomic E-state index is 0.0775. The van der Waals surface area contributed by atoms with Crippen LogP contribution in [0.3, 0.4) is 0 Å². The number of anilines is 3. The first kappa shape index (κ1) is 14.7. The molecule has 0 saturated heterocycles. The minimum Gasteiger partial charge on any atom is -0.368 e. The van der Waals surface area contributed by atoms with Gasteiger partial charge in [-0.05, 0) is 31.5 Å². The number of nitrogens with one attached hydrogen (secondary N) is 2. The molecule has 6 heteroatoms. The van der Waals surface area contributed by atoms with Gasteiger partial charge >= 0.3 is 0 Å². The van der Waals surface area contributed by atoms with Crippen LogP contribution in [0, 0.1) is 6.92 Å². The van der Waals surface area contributed by atoms with Crippen LogP contribution in [-0.4, -0.2) is 22.6 Å². The van der Waals surface area contributed by atoms with Gasteiger partial charge in [-0.1, -0.05) is 22.0 Å². The van der Waals surface area contributed by atoms with E-state index in [4.69, 9.17) is 5.73 Å². The standard InChI is InChI=1S/C14H18BrN5/c1-9-3-4-11(15)5-12(9)20-14-6-13(18-8-19-14)17-7-10(2)16/h3-6,8,10H,7,16H2,1-2H3,(H2,17,18,19,20). The lowest BCUT2D eigenvalue weighted by Crippen LogP contribution is -2.25. The first-order chi connectivity index (χ1) is 9.54. The second kappa shape index (κ2) is 6.67. The summed E-state index contributed by atoms with van der Waals surface area (Å²) >= 11 is 3.47. The Kier molecular flexibility index (Phi) is 4.92. The highest BCUT2D eigenvalue weighted by atomic mass is 79.9. The van der Waals surface area contributed by atoms with Gasteiger partial charge in [-0.25, -0.2) is 9.97 Å². The van der Waals surface area contributed by atoms with E-state index in [0.717, 1.165) is 27.4 Å². The van der Waals surface area contributed by atoms with E-state index >= 15 is 0 Å². The van der Waals surface area contributed by atoms with Crippen LogP contribution in [0.5, 0.6) is 0 Å². The maximum atomic E-state index is 5.71. The zero-order chi connectivity index (χ0) is 14.5. The van der Waals surface area contributed by atoms with Crippen LogP contribution in [0.1, 0.15) is 12.5 Å². The topological polar surface area (TPSA) is 75.9 Å². The van der Waals surface area contributed by atoms with Crippen molar-refractivity contribution in [3.05, 3.63) is 40.6 Å². The lowest BCUT2D eigenvalue weighted by atomic mass is 10.2. The molecule has 0 amide bonds. The Bertz CT molecular complexity index is 586. The monoisotopic (exact) mass is 335 g/mol. The molecule has 0 aliphatic heterocycles. The summed E-state index contributed by atoms with van der Waals surface area (Å²) in [6.45, 7) is 4.66. The summed E-state index contributed by atoms with van der Waals surface area (Å²) in [7, 11) is 0. The molecule has 2 aromatic rings. The molecule has 0 spiro atoms. The second-order valence-electron chi connectivity index (χ2n) is 4.73. The molecule has 0 aliphatic carbocycles. The number of aromatic nitrogens is 2. The van der Waals surface area contributed by atoms with Crippen molar-refractivity contribution in [2.24, 2.45) is 5.73 Å². The van der Waals surface area contributed by atoms with Crippen LogP contribution in [0.25, 0.3) is 0 Å². The Balaban J connectivity index is 2.13. The van der Waals surface area contributed by atoms with Gasteiger partial charge in [0, 0.05) is 28.8 Å². The number of nitrogens with two attached hydrogens (primary N) is 1. The van der Waals surface area contributed by atoms with Crippen LogP contribution >= 0.6 is 15.9 Å². The fraction of sp³-hybridized carbons (Fsp3) is 0.286. The number of halogens is 1. The maximum absolute atomic E-state index is 5.71. The van der Waals surface area contributed by atoms with E-state index in [0.29, 0.717) is 6.54 Å². The Hall–Kier alpha value is -1.66. The number of rotatable bonds is 5. The lowest BCUT2D eigenvalue weighted by molar-refractivity contribution is 0.777. The van der Waals surface area contributed by atoms with E-state index in [-0.39, 0.29) is 6.04 Å². The average molecular weight is 336 g/mol. The van der Waals surface area contributed by atoms with Gasteiger partial charge in [-0.3, -0.25) is 0 Å². The summed E-state index contributed by atoms with van der Waals surface area (Å²) in [5, 5.41) is 6.46. The molecular weight excluding hydrogens is 318 g/mol. The quantitative estimate of drug-likeness (QED) is 0.782. The first-order valence-electron chi connectivity index (χ1n) is 6.39. The van der Waals surface area contributed by atoms with Crippen LogP contribution in [-0.2, 0) is 0 Å². The Morgan fingerprint density at radius 2 is 2.00 bits per heavy atom. The van der Waals surface area contributed by atoms with E-state index in [1.807, 2.05) is 38.1 Å². The van der Waals surface area contributed by atoms with E-state index in [1.165, 1.54) is 6.33 Å². The molecule has 2 rings (SSSR count). The van der Waals surface area contributed by atoms with Crippen molar-refractivity contribution in [2.45, 2.75) is 19.9 Å². The molecule has 0 radical (unpaired) electrons. The predicted octanol–water partition coefficient (Wildman–Crippen LogP) is 3.05. The highest BCUT2D eigenvalue weighted by molar-refractivity contribution is 9.10. The zero-order valence-corrected chi connectivity index (χ0v) is 13.1. The highest BCUT2D eigenvalue weighted by Crippen LogP contribution is 2.24. The van der Waals surface area contributed by atoms with E-state index in [1.54, 1.807) is 0 Å². The highest BCUT2D eigenvalue weighted by Gasteiger charge is 2.03. The van der Waals surface area contributed by atoms with Gasteiger partial charge in [0.05, 0.1) is 0 Å². The van der Waals surface area contributed by atoms with Gasteiger partial charge in [-0.15, -0.1) is 0 Å².